The first-order chi connectivity index (χ1) is 14.5. The second-order valence-corrected chi connectivity index (χ2v) is 9.19. The zero-order chi connectivity index (χ0) is 21.4. The lowest BCUT2D eigenvalue weighted by Gasteiger charge is -2.07. The van der Waals surface area contributed by atoms with Gasteiger partial charge in [-0.1, -0.05) is 41.7 Å². The maximum absolute atomic E-state index is 12.3. The predicted octanol–water partition coefficient (Wildman–Crippen LogP) is 2.64. The zero-order valence-electron chi connectivity index (χ0n) is 16.4. The summed E-state index contributed by atoms with van der Waals surface area (Å²) in [5, 5.41) is 12.0. The third-order valence-electron chi connectivity index (χ3n) is 4.20. The van der Waals surface area contributed by atoms with Crippen molar-refractivity contribution in [3.8, 4) is 5.75 Å². The van der Waals surface area contributed by atoms with E-state index in [-0.39, 0.29) is 23.8 Å². The van der Waals surface area contributed by atoms with Crippen LogP contribution in [0.3, 0.4) is 0 Å². The maximum atomic E-state index is 12.3. The summed E-state index contributed by atoms with van der Waals surface area (Å²) in [6, 6.07) is 16.1. The number of aryl methyl sites for hydroxylation is 2. The third-order valence-corrected chi connectivity index (χ3v) is 6.57. The summed E-state index contributed by atoms with van der Waals surface area (Å²) in [6.45, 7) is -0.0279. The van der Waals surface area contributed by atoms with Crippen molar-refractivity contribution in [2.24, 2.45) is 0 Å². The molecule has 0 aliphatic carbocycles. The van der Waals surface area contributed by atoms with Crippen molar-refractivity contribution in [2.45, 2.75) is 24.2 Å². The van der Waals surface area contributed by atoms with Crippen LogP contribution in [0.2, 0.25) is 0 Å². The Morgan fingerprint density at radius 3 is 2.47 bits per heavy atom. The van der Waals surface area contributed by atoms with E-state index in [1.165, 1.54) is 36.1 Å². The molecule has 0 fully saturated rings. The van der Waals surface area contributed by atoms with Crippen LogP contribution in [0.5, 0.6) is 5.75 Å². The Kier molecular flexibility index (Phi) is 7.50. The minimum atomic E-state index is -3.69. The fourth-order valence-corrected chi connectivity index (χ4v) is 4.41. The molecule has 2 aromatic carbocycles. The average molecular weight is 447 g/mol. The van der Waals surface area contributed by atoms with E-state index in [1.54, 1.807) is 12.1 Å². The summed E-state index contributed by atoms with van der Waals surface area (Å²) < 4.78 is 31.9. The molecule has 0 aliphatic heterocycles. The molecular weight excluding hydrogens is 424 g/mol. The van der Waals surface area contributed by atoms with E-state index in [2.05, 4.69) is 32.4 Å². The number of nitrogens with zero attached hydrogens (tertiary/aromatic N) is 2. The standard InChI is InChI=1S/C20H22N4O4S2/c1-28-16-8-10-17(11-9-16)30(26,27)21-14-13-18(25)22-20-24-23-19(29-20)12-7-15-5-3-2-4-6-15/h2-6,8-11,21H,7,12-14H2,1H3,(H,22,24,25). The van der Waals surface area contributed by atoms with E-state index < -0.39 is 10.0 Å². The van der Waals surface area contributed by atoms with Crippen LogP contribution in [0.15, 0.2) is 59.5 Å². The molecule has 0 unspecified atom stereocenters. The molecular formula is C20H22N4O4S2. The van der Waals surface area contributed by atoms with Gasteiger partial charge in [-0.25, -0.2) is 13.1 Å². The highest BCUT2D eigenvalue weighted by Crippen LogP contribution is 2.18. The van der Waals surface area contributed by atoms with Crippen molar-refractivity contribution in [1.82, 2.24) is 14.9 Å². The van der Waals surface area contributed by atoms with Gasteiger partial charge >= 0.3 is 0 Å². The van der Waals surface area contributed by atoms with E-state index >= 15 is 0 Å². The molecule has 0 aliphatic rings. The van der Waals surface area contributed by atoms with Gasteiger partial charge in [0.05, 0.1) is 12.0 Å². The molecule has 0 atom stereocenters. The van der Waals surface area contributed by atoms with Crippen molar-refractivity contribution >= 4 is 32.4 Å². The van der Waals surface area contributed by atoms with Gasteiger partial charge < -0.3 is 10.1 Å². The number of carbonyl (C=O) groups is 1. The van der Waals surface area contributed by atoms with Gasteiger partial charge in [-0.2, -0.15) is 0 Å². The van der Waals surface area contributed by atoms with E-state index in [1.807, 2.05) is 18.2 Å². The number of anilines is 1. The lowest BCUT2D eigenvalue weighted by atomic mass is 10.1. The number of ether oxygens (including phenoxy) is 1. The number of benzene rings is 2. The number of rotatable bonds is 10. The molecule has 3 aromatic rings. The van der Waals surface area contributed by atoms with Gasteiger partial charge in [0.15, 0.2) is 0 Å². The third kappa shape index (κ3) is 6.34. The van der Waals surface area contributed by atoms with E-state index in [4.69, 9.17) is 4.74 Å². The number of hydrogen-bond donors (Lipinski definition) is 2. The Hall–Kier alpha value is -2.82. The second kappa shape index (κ2) is 10.3. The lowest BCUT2D eigenvalue weighted by molar-refractivity contribution is -0.116. The molecule has 0 saturated carbocycles. The van der Waals surface area contributed by atoms with Crippen molar-refractivity contribution in [1.29, 1.82) is 0 Å². The molecule has 3 rings (SSSR count). The molecule has 1 aromatic heterocycles. The number of hydrogen-bond acceptors (Lipinski definition) is 7. The molecule has 0 spiro atoms. The van der Waals surface area contributed by atoms with Crippen LogP contribution in [-0.4, -0.2) is 38.2 Å². The summed E-state index contributed by atoms with van der Waals surface area (Å²) >= 11 is 1.32. The highest BCUT2D eigenvalue weighted by atomic mass is 32.2. The molecule has 1 heterocycles. The number of carbonyl (C=O) groups excluding carboxylic acids is 1. The smallest absolute Gasteiger partial charge is 0.240 e. The molecule has 10 heteroatoms. The number of nitrogens with one attached hydrogen (secondary N) is 2. The molecule has 0 radical (unpaired) electrons. The van der Waals surface area contributed by atoms with Crippen LogP contribution >= 0.6 is 11.3 Å². The van der Waals surface area contributed by atoms with Gasteiger partial charge in [0.25, 0.3) is 0 Å². The van der Waals surface area contributed by atoms with Crippen molar-refractivity contribution < 1.29 is 17.9 Å². The van der Waals surface area contributed by atoms with Crippen LogP contribution in [-0.2, 0) is 27.7 Å². The number of methoxy groups -OCH3 is 1. The Morgan fingerprint density at radius 1 is 1.03 bits per heavy atom. The molecule has 158 valence electrons. The summed E-state index contributed by atoms with van der Waals surface area (Å²) in [5.41, 5.74) is 1.21. The SMILES string of the molecule is COc1ccc(S(=O)(=O)NCCC(=O)Nc2nnc(CCc3ccccc3)s2)cc1. The van der Waals surface area contributed by atoms with Crippen molar-refractivity contribution in [3.63, 3.8) is 0 Å². The first-order valence-electron chi connectivity index (χ1n) is 9.26. The number of sulfonamides is 1. The van der Waals surface area contributed by atoms with Gasteiger partial charge in [0, 0.05) is 19.4 Å². The fourth-order valence-electron chi connectivity index (χ4n) is 2.62. The highest BCUT2D eigenvalue weighted by molar-refractivity contribution is 7.89. The van der Waals surface area contributed by atoms with Crippen LogP contribution < -0.4 is 14.8 Å². The Labute approximate surface area is 179 Å². The quantitative estimate of drug-likeness (QED) is 0.495. The monoisotopic (exact) mass is 446 g/mol. The summed E-state index contributed by atoms with van der Waals surface area (Å²) in [4.78, 5) is 12.2. The fraction of sp³-hybridized carbons (Fsp3) is 0.250. The van der Waals surface area contributed by atoms with E-state index in [9.17, 15) is 13.2 Å². The zero-order valence-corrected chi connectivity index (χ0v) is 18.0. The Bertz CT molecular complexity index is 1070. The molecule has 2 N–H and O–H groups in total. The molecule has 0 bridgehead atoms. The average Bonchev–Trinajstić information content (AvgIpc) is 3.20. The molecule has 30 heavy (non-hydrogen) atoms. The predicted molar refractivity (Wildman–Crippen MR) is 115 cm³/mol. The lowest BCUT2D eigenvalue weighted by Crippen LogP contribution is -2.27. The minimum Gasteiger partial charge on any atom is -0.497 e. The topological polar surface area (TPSA) is 110 Å². The second-order valence-electron chi connectivity index (χ2n) is 6.36. The van der Waals surface area contributed by atoms with Gasteiger partial charge in [0.2, 0.25) is 21.1 Å². The van der Waals surface area contributed by atoms with Crippen molar-refractivity contribution in [3.05, 3.63) is 65.2 Å². The molecule has 8 nitrogen and oxygen atoms in total. The Morgan fingerprint density at radius 2 is 1.77 bits per heavy atom. The number of aromatic nitrogens is 2. The van der Waals surface area contributed by atoms with Crippen LogP contribution in [0.1, 0.15) is 17.0 Å². The summed E-state index contributed by atoms with van der Waals surface area (Å²) in [6.07, 6.45) is 1.56. The first-order valence-corrected chi connectivity index (χ1v) is 11.6. The largest absolute Gasteiger partial charge is 0.497 e. The summed E-state index contributed by atoms with van der Waals surface area (Å²) in [7, 11) is -2.19. The van der Waals surface area contributed by atoms with Gasteiger partial charge in [-0.3, -0.25) is 4.79 Å². The summed E-state index contributed by atoms with van der Waals surface area (Å²) in [5.74, 6) is 0.228. The van der Waals surface area contributed by atoms with Gasteiger partial charge in [0.1, 0.15) is 10.8 Å². The minimum absolute atomic E-state index is 0.0195. The van der Waals surface area contributed by atoms with Crippen LogP contribution in [0.25, 0.3) is 0 Å². The van der Waals surface area contributed by atoms with E-state index in [0.29, 0.717) is 10.9 Å². The first kappa shape index (κ1) is 21.9. The molecule has 0 saturated heterocycles. The van der Waals surface area contributed by atoms with Crippen LogP contribution in [0.4, 0.5) is 5.13 Å². The van der Waals surface area contributed by atoms with Gasteiger partial charge in [-0.05, 0) is 36.2 Å². The van der Waals surface area contributed by atoms with Crippen molar-refractivity contribution in [2.75, 3.05) is 19.0 Å². The van der Waals surface area contributed by atoms with Gasteiger partial charge in [-0.15, -0.1) is 10.2 Å². The number of amides is 1. The highest BCUT2D eigenvalue weighted by Gasteiger charge is 2.15. The Balaban J connectivity index is 1.43. The molecule has 1 amide bonds. The van der Waals surface area contributed by atoms with E-state index in [0.717, 1.165) is 17.8 Å². The maximum Gasteiger partial charge on any atom is 0.240 e. The normalized spacial score (nSPS) is 11.2. The van der Waals surface area contributed by atoms with Crippen LogP contribution in [0, 0.1) is 0 Å².